The number of aromatic nitrogens is 2. The third kappa shape index (κ3) is 1.63. The molecule has 0 saturated carbocycles. The molecule has 1 aromatic heterocycles. The topological polar surface area (TPSA) is 64.1 Å². The molecular formula is C11H15N3O. The van der Waals surface area contributed by atoms with Crippen LogP contribution in [0.3, 0.4) is 0 Å². The van der Waals surface area contributed by atoms with Crippen molar-refractivity contribution in [1.82, 2.24) is 9.55 Å². The summed E-state index contributed by atoms with van der Waals surface area (Å²) in [6, 6.07) is 5.27. The minimum absolute atomic E-state index is 0.234. The van der Waals surface area contributed by atoms with Crippen LogP contribution in [0.4, 0.5) is 5.95 Å². The third-order valence-electron chi connectivity index (χ3n) is 2.32. The lowest BCUT2D eigenvalue weighted by molar-refractivity contribution is 0.472. The van der Waals surface area contributed by atoms with Crippen molar-refractivity contribution in [2.24, 2.45) is 5.92 Å². The predicted octanol–water partition coefficient (Wildman–Crippen LogP) is 1.98. The number of nitrogens with two attached hydrogens (primary N) is 1. The van der Waals surface area contributed by atoms with Gasteiger partial charge in [0.1, 0.15) is 11.3 Å². The maximum Gasteiger partial charge on any atom is 0.201 e. The summed E-state index contributed by atoms with van der Waals surface area (Å²) in [7, 11) is 0. The molecule has 3 N–H and O–H groups in total. The summed E-state index contributed by atoms with van der Waals surface area (Å²) in [5, 5.41) is 9.76. The molecule has 2 rings (SSSR count). The van der Waals surface area contributed by atoms with Crippen LogP contribution in [-0.4, -0.2) is 14.7 Å². The van der Waals surface area contributed by atoms with Gasteiger partial charge in [-0.25, -0.2) is 4.98 Å². The molecule has 0 radical (unpaired) electrons. The molecule has 1 aromatic carbocycles. The summed E-state index contributed by atoms with van der Waals surface area (Å²) in [6.07, 6.45) is 0. The Bertz CT molecular complexity index is 488. The quantitative estimate of drug-likeness (QED) is 0.788. The van der Waals surface area contributed by atoms with Crippen molar-refractivity contribution in [2.75, 3.05) is 5.73 Å². The number of fused-ring (bicyclic) bond motifs is 1. The number of hydrogen-bond donors (Lipinski definition) is 2. The molecule has 4 heteroatoms. The van der Waals surface area contributed by atoms with E-state index in [0.29, 0.717) is 11.9 Å². The predicted molar refractivity (Wildman–Crippen MR) is 60.6 cm³/mol. The highest BCUT2D eigenvalue weighted by Crippen LogP contribution is 2.27. The van der Waals surface area contributed by atoms with Crippen molar-refractivity contribution in [1.29, 1.82) is 0 Å². The summed E-state index contributed by atoms with van der Waals surface area (Å²) < 4.78 is 1.86. The summed E-state index contributed by atoms with van der Waals surface area (Å²) in [4.78, 5) is 4.21. The van der Waals surface area contributed by atoms with Gasteiger partial charge in [0.05, 0.1) is 5.52 Å². The summed E-state index contributed by atoms with van der Waals surface area (Å²) in [5.74, 6) is 1.15. The van der Waals surface area contributed by atoms with Crippen molar-refractivity contribution in [2.45, 2.75) is 20.4 Å². The van der Waals surface area contributed by atoms with Gasteiger partial charge < -0.3 is 15.4 Å². The average molecular weight is 205 g/mol. The van der Waals surface area contributed by atoms with Gasteiger partial charge in [-0.1, -0.05) is 19.9 Å². The molecule has 0 bridgehead atoms. The van der Waals surface area contributed by atoms with Crippen molar-refractivity contribution in [3.05, 3.63) is 18.2 Å². The number of benzene rings is 1. The first-order valence-electron chi connectivity index (χ1n) is 5.03. The van der Waals surface area contributed by atoms with E-state index in [9.17, 15) is 5.11 Å². The number of anilines is 1. The van der Waals surface area contributed by atoms with E-state index in [1.54, 1.807) is 12.1 Å². The van der Waals surface area contributed by atoms with Crippen molar-refractivity contribution < 1.29 is 5.11 Å². The number of aromatic hydroxyl groups is 1. The molecule has 0 spiro atoms. The van der Waals surface area contributed by atoms with E-state index in [-0.39, 0.29) is 5.75 Å². The Hall–Kier alpha value is -1.71. The van der Waals surface area contributed by atoms with E-state index < -0.39 is 0 Å². The number of para-hydroxylation sites is 1. The monoisotopic (exact) mass is 205 g/mol. The third-order valence-corrected chi connectivity index (χ3v) is 2.32. The fraction of sp³-hybridized carbons (Fsp3) is 0.364. The van der Waals surface area contributed by atoms with E-state index in [4.69, 9.17) is 5.73 Å². The lowest BCUT2D eigenvalue weighted by atomic mass is 10.2. The van der Waals surface area contributed by atoms with E-state index in [0.717, 1.165) is 17.6 Å². The molecule has 15 heavy (non-hydrogen) atoms. The number of rotatable bonds is 2. The first kappa shape index (κ1) is 9.83. The summed E-state index contributed by atoms with van der Waals surface area (Å²) >= 11 is 0. The summed E-state index contributed by atoms with van der Waals surface area (Å²) in [6.45, 7) is 4.97. The molecule has 1 heterocycles. The van der Waals surface area contributed by atoms with E-state index in [1.165, 1.54) is 0 Å². The molecule has 0 amide bonds. The van der Waals surface area contributed by atoms with Crippen LogP contribution in [0.5, 0.6) is 5.75 Å². The first-order valence-corrected chi connectivity index (χ1v) is 5.03. The van der Waals surface area contributed by atoms with Crippen molar-refractivity contribution >= 4 is 17.0 Å². The van der Waals surface area contributed by atoms with Gasteiger partial charge in [-0.3, -0.25) is 0 Å². The van der Waals surface area contributed by atoms with Gasteiger partial charge in [0.2, 0.25) is 5.95 Å². The number of phenolic OH excluding ortho intramolecular Hbond substituents is 1. The zero-order valence-electron chi connectivity index (χ0n) is 8.94. The highest BCUT2D eigenvalue weighted by atomic mass is 16.3. The summed E-state index contributed by atoms with van der Waals surface area (Å²) in [5.41, 5.74) is 7.28. The van der Waals surface area contributed by atoms with Gasteiger partial charge in [0.15, 0.2) is 0 Å². The highest BCUT2D eigenvalue weighted by Gasteiger charge is 2.12. The Morgan fingerprint density at radius 3 is 2.87 bits per heavy atom. The van der Waals surface area contributed by atoms with Gasteiger partial charge in [-0.05, 0) is 18.1 Å². The molecule has 0 unspecified atom stereocenters. The number of phenols is 1. The van der Waals surface area contributed by atoms with Gasteiger partial charge in [0.25, 0.3) is 0 Å². The molecule has 0 aliphatic carbocycles. The van der Waals surface area contributed by atoms with Crippen molar-refractivity contribution in [3.8, 4) is 5.75 Å². The van der Waals surface area contributed by atoms with Crippen LogP contribution in [0.15, 0.2) is 18.2 Å². The normalized spacial score (nSPS) is 11.4. The lowest BCUT2D eigenvalue weighted by Gasteiger charge is -2.09. The smallest absolute Gasteiger partial charge is 0.201 e. The second-order valence-electron chi connectivity index (χ2n) is 4.12. The van der Waals surface area contributed by atoms with Crippen LogP contribution < -0.4 is 5.73 Å². The van der Waals surface area contributed by atoms with Gasteiger partial charge in [-0.15, -0.1) is 0 Å². The van der Waals surface area contributed by atoms with Crippen LogP contribution in [0, 0.1) is 5.92 Å². The standard InChI is InChI=1S/C11H15N3O/c1-7(2)6-14-10-8(13-11(14)12)4-3-5-9(10)15/h3-5,7,15H,6H2,1-2H3,(H2,12,13). The fourth-order valence-corrected chi connectivity index (χ4v) is 1.73. The molecule has 0 aliphatic heterocycles. The largest absolute Gasteiger partial charge is 0.506 e. The zero-order valence-corrected chi connectivity index (χ0v) is 8.94. The van der Waals surface area contributed by atoms with Crippen LogP contribution >= 0.6 is 0 Å². The maximum atomic E-state index is 9.76. The molecular weight excluding hydrogens is 190 g/mol. The SMILES string of the molecule is CC(C)Cn1c(N)nc2cccc(O)c21. The Morgan fingerprint density at radius 1 is 1.47 bits per heavy atom. The molecule has 0 saturated heterocycles. The van der Waals surface area contributed by atoms with Crippen LogP contribution in [0.2, 0.25) is 0 Å². The van der Waals surface area contributed by atoms with Crippen LogP contribution in [0.1, 0.15) is 13.8 Å². The lowest BCUT2D eigenvalue weighted by Crippen LogP contribution is -2.07. The molecule has 4 nitrogen and oxygen atoms in total. The first-order chi connectivity index (χ1) is 7.09. The van der Waals surface area contributed by atoms with E-state index in [2.05, 4.69) is 18.8 Å². The van der Waals surface area contributed by atoms with Gasteiger partial charge >= 0.3 is 0 Å². The van der Waals surface area contributed by atoms with E-state index in [1.807, 2.05) is 10.6 Å². The molecule has 80 valence electrons. The van der Waals surface area contributed by atoms with Crippen molar-refractivity contribution in [3.63, 3.8) is 0 Å². The Kier molecular flexibility index (Phi) is 2.26. The Balaban J connectivity index is 2.65. The number of imidazole rings is 1. The number of nitrogen functional groups attached to an aromatic ring is 1. The molecule has 0 atom stereocenters. The van der Waals surface area contributed by atoms with Gasteiger partial charge in [0, 0.05) is 6.54 Å². The maximum absolute atomic E-state index is 9.76. The van der Waals surface area contributed by atoms with Crippen LogP contribution in [-0.2, 0) is 6.54 Å². The fourth-order valence-electron chi connectivity index (χ4n) is 1.73. The number of nitrogens with zero attached hydrogens (tertiary/aromatic N) is 2. The zero-order chi connectivity index (χ0) is 11.0. The minimum Gasteiger partial charge on any atom is -0.506 e. The van der Waals surface area contributed by atoms with Gasteiger partial charge in [-0.2, -0.15) is 0 Å². The highest BCUT2D eigenvalue weighted by molar-refractivity contribution is 5.84. The molecule has 0 fully saturated rings. The second kappa shape index (κ2) is 3.46. The van der Waals surface area contributed by atoms with Crippen LogP contribution in [0.25, 0.3) is 11.0 Å². The Morgan fingerprint density at radius 2 is 2.20 bits per heavy atom. The minimum atomic E-state index is 0.234. The molecule has 0 aliphatic rings. The molecule has 2 aromatic rings. The second-order valence-corrected chi connectivity index (χ2v) is 4.12. The average Bonchev–Trinajstić information content (AvgIpc) is 2.43. The number of hydrogen-bond acceptors (Lipinski definition) is 3. The Labute approximate surface area is 88.3 Å². The van der Waals surface area contributed by atoms with E-state index >= 15 is 0 Å².